The summed E-state index contributed by atoms with van der Waals surface area (Å²) in [5.74, 6) is -2.64. The van der Waals surface area contributed by atoms with Crippen LogP contribution >= 0.6 is 35.0 Å². The number of carbonyl (C=O) groups is 3. The van der Waals surface area contributed by atoms with Crippen molar-refractivity contribution in [3.63, 3.8) is 0 Å². The largest absolute Gasteiger partial charge is 0.481 e. The van der Waals surface area contributed by atoms with Crippen molar-refractivity contribution >= 4 is 64.1 Å². The molecule has 0 bridgehead atoms. The van der Waals surface area contributed by atoms with Crippen LogP contribution in [0.5, 0.6) is 0 Å². The molecule has 1 aliphatic carbocycles. The molecule has 0 spiro atoms. The molecular weight excluding hydrogens is 459 g/mol. The second-order valence-electron chi connectivity index (χ2n) is 6.97. The van der Waals surface area contributed by atoms with Crippen molar-refractivity contribution in [3.05, 3.63) is 64.7 Å². The second kappa shape index (κ2) is 10.7. The lowest BCUT2D eigenvalue weighted by molar-refractivity contribution is -0.146. The molecule has 162 valence electrons. The van der Waals surface area contributed by atoms with Gasteiger partial charge in [0.2, 0.25) is 11.8 Å². The van der Waals surface area contributed by atoms with Crippen LogP contribution < -0.4 is 10.6 Å². The number of hydrogen-bond donors (Lipinski definition) is 3. The van der Waals surface area contributed by atoms with Gasteiger partial charge in [-0.25, -0.2) is 0 Å². The molecule has 3 rings (SSSR count). The van der Waals surface area contributed by atoms with Crippen LogP contribution in [0.2, 0.25) is 10.0 Å². The number of amides is 2. The fourth-order valence-electron chi connectivity index (χ4n) is 3.17. The van der Waals surface area contributed by atoms with E-state index in [1.165, 1.54) is 11.8 Å². The van der Waals surface area contributed by atoms with E-state index in [1.807, 2.05) is 6.08 Å². The Labute approximate surface area is 194 Å². The van der Waals surface area contributed by atoms with Crippen LogP contribution in [-0.2, 0) is 14.4 Å². The molecule has 0 aliphatic heterocycles. The highest BCUT2D eigenvalue weighted by atomic mass is 35.5. The molecule has 2 aromatic carbocycles. The lowest BCUT2D eigenvalue weighted by Crippen LogP contribution is -2.34. The van der Waals surface area contributed by atoms with E-state index in [1.54, 1.807) is 48.5 Å². The fourth-order valence-corrected chi connectivity index (χ4v) is 4.21. The monoisotopic (exact) mass is 478 g/mol. The Hall–Kier alpha value is -2.48. The summed E-state index contributed by atoms with van der Waals surface area (Å²) in [7, 11) is 0. The predicted octanol–water partition coefficient (Wildman–Crippen LogP) is 5.33. The molecule has 6 nitrogen and oxygen atoms in total. The average Bonchev–Trinajstić information content (AvgIpc) is 2.75. The number of carbonyl (C=O) groups excluding carboxylic acids is 2. The molecule has 0 saturated heterocycles. The highest BCUT2D eigenvalue weighted by molar-refractivity contribution is 8.00. The number of halogens is 2. The number of allylic oxidation sites excluding steroid dienone is 2. The minimum Gasteiger partial charge on any atom is -0.481 e. The SMILES string of the molecule is O=C(CSc1ccc(NC(=O)C2CC=CCC2C(=O)O)cc1)Nc1cc(Cl)ccc1Cl. The Balaban J connectivity index is 1.52. The third kappa shape index (κ3) is 6.50. The zero-order chi connectivity index (χ0) is 22.4. The Morgan fingerprint density at radius 3 is 2.32 bits per heavy atom. The van der Waals surface area contributed by atoms with E-state index in [9.17, 15) is 19.5 Å². The van der Waals surface area contributed by atoms with E-state index in [2.05, 4.69) is 10.6 Å². The van der Waals surface area contributed by atoms with Gasteiger partial charge in [0.1, 0.15) is 0 Å². The molecule has 0 radical (unpaired) electrons. The first-order chi connectivity index (χ1) is 14.8. The van der Waals surface area contributed by atoms with Crippen LogP contribution in [0.25, 0.3) is 0 Å². The van der Waals surface area contributed by atoms with Crippen molar-refractivity contribution in [1.82, 2.24) is 0 Å². The first kappa shape index (κ1) is 23.2. The first-order valence-corrected chi connectivity index (χ1v) is 11.2. The number of rotatable bonds is 7. The average molecular weight is 479 g/mol. The van der Waals surface area contributed by atoms with Gasteiger partial charge in [0, 0.05) is 15.6 Å². The minimum atomic E-state index is -0.964. The van der Waals surface area contributed by atoms with Crippen molar-refractivity contribution < 1.29 is 19.5 Å². The summed E-state index contributed by atoms with van der Waals surface area (Å²) in [6.07, 6.45) is 4.39. The molecule has 9 heteroatoms. The van der Waals surface area contributed by atoms with Crippen molar-refractivity contribution in [3.8, 4) is 0 Å². The third-order valence-corrected chi connectivity index (χ3v) is 6.36. The first-order valence-electron chi connectivity index (χ1n) is 9.50. The normalized spacial score (nSPS) is 17.7. The number of hydrogen-bond acceptors (Lipinski definition) is 4. The zero-order valence-electron chi connectivity index (χ0n) is 16.3. The molecule has 0 fully saturated rings. The summed E-state index contributed by atoms with van der Waals surface area (Å²) in [6, 6.07) is 11.9. The highest BCUT2D eigenvalue weighted by Gasteiger charge is 2.33. The maximum absolute atomic E-state index is 12.5. The van der Waals surface area contributed by atoms with Crippen LogP contribution in [0.15, 0.2) is 59.5 Å². The van der Waals surface area contributed by atoms with Gasteiger partial charge in [-0.2, -0.15) is 0 Å². The maximum atomic E-state index is 12.5. The quantitative estimate of drug-likeness (QED) is 0.369. The van der Waals surface area contributed by atoms with Crippen molar-refractivity contribution in [2.75, 3.05) is 16.4 Å². The van der Waals surface area contributed by atoms with Gasteiger partial charge in [0.25, 0.3) is 0 Å². The summed E-state index contributed by atoms with van der Waals surface area (Å²) in [5.41, 5.74) is 1.03. The number of carboxylic acids is 1. The molecule has 31 heavy (non-hydrogen) atoms. The molecule has 1 aliphatic rings. The third-order valence-electron chi connectivity index (χ3n) is 4.78. The molecule has 2 unspecified atom stereocenters. The van der Waals surface area contributed by atoms with Crippen LogP contribution in [-0.4, -0.2) is 28.6 Å². The molecule has 2 atom stereocenters. The summed E-state index contributed by atoms with van der Waals surface area (Å²) >= 11 is 13.3. The van der Waals surface area contributed by atoms with Gasteiger partial charge >= 0.3 is 5.97 Å². The molecule has 0 saturated carbocycles. The van der Waals surface area contributed by atoms with E-state index in [4.69, 9.17) is 23.2 Å². The van der Waals surface area contributed by atoms with Gasteiger partial charge in [-0.3, -0.25) is 14.4 Å². The van der Waals surface area contributed by atoms with Gasteiger partial charge in [-0.15, -0.1) is 11.8 Å². The van der Waals surface area contributed by atoms with E-state index < -0.39 is 17.8 Å². The summed E-state index contributed by atoms with van der Waals surface area (Å²) in [5, 5.41) is 15.7. The Morgan fingerprint density at radius 2 is 1.65 bits per heavy atom. The Bertz CT molecular complexity index is 1010. The molecule has 0 heterocycles. The number of carboxylic acid groups (broad SMARTS) is 1. The minimum absolute atomic E-state index is 0.170. The number of thioether (sulfide) groups is 1. The molecule has 2 amide bonds. The molecule has 3 N–H and O–H groups in total. The van der Waals surface area contributed by atoms with Crippen molar-refractivity contribution in [2.24, 2.45) is 11.8 Å². The van der Waals surface area contributed by atoms with Crippen LogP contribution in [0.4, 0.5) is 11.4 Å². The zero-order valence-corrected chi connectivity index (χ0v) is 18.6. The fraction of sp³-hybridized carbons (Fsp3) is 0.227. The highest BCUT2D eigenvalue weighted by Crippen LogP contribution is 2.28. The van der Waals surface area contributed by atoms with Gasteiger partial charge in [-0.1, -0.05) is 35.4 Å². The van der Waals surface area contributed by atoms with Gasteiger partial charge in [-0.05, 0) is 55.3 Å². The number of benzene rings is 2. The van der Waals surface area contributed by atoms with E-state index in [-0.39, 0.29) is 17.6 Å². The van der Waals surface area contributed by atoms with E-state index in [0.29, 0.717) is 34.3 Å². The summed E-state index contributed by atoms with van der Waals surface area (Å²) in [4.78, 5) is 36.9. The lowest BCUT2D eigenvalue weighted by atomic mass is 9.82. The van der Waals surface area contributed by atoms with Crippen LogP contribution in [0.1, 0.15) is 12.8 Å². The molecule has 2 aromatic rings. The van der Waals surface area contributed by atoms with Crippen molar-refractivity contribution in [2.45, 2.75) is 17.7 Å². The molecular formula is C22H20Cl2N2O4S. The van der Waals surface area contributed by atoms with Gasteiger partial charge in [0.05, 0.1) is 28.3 Å². The standard InChI is InChI=1S/C22H20Cl2N2O4S/c23-13-5-10-18(24)19(11-13)26-20(27)12-31-15-8-6-14(7-9-15)25-21(28)16-3-1-2-4-17(16)22(29)30/h1-2,5-11,16-17H,3-4,12H2,(H,25,28)(H,26,27)(H,29,30). The van der Waals surface area contributed by atoms with Crippen LogP contribution in [0.3, 0.4) is 0 Å². The lowest BCUT2D eigenvalue weighted by Gasteiger charge is -2.24. The summed E-state index contributed by atoms with van der Waals surface area (Å²) < 4.78 is 0. The number of nitrogens with one attached hydrogen (secondary N) is 2. The Morgan fingerprint density at radius 1 is 0.968 bits per heavy atom. The smallest absolute Gasteiger partial charge is 0.307 e. The van der Waals surface area contributed by atoms with Crippen molar-refractivity contribution in [1.29, 1.82) is 0 Å². The molecule has 0 aromatic heterocycles. The maximum Gasteiger partial charge on any atom is 0.307 e. The second-order valence-corrected chi connectivity index (χ2v) is 8.86. The number of aliphatic carboxylic acids is 1. The summed E-state index contributed by atoms with van der Waals surface area (Å²) in [6.45, 7) is 0. The van der Waals surface area contributed by atoms with Gasteiger partial charge in [0.15, 0.2) is 0 Å². The van der Waals surface area contributed by atoms with Gasteiger partial charge < -0.3 is 15.7 Å². The Kier molecular flexibility index (Phi) is 8.01. The topological polar surface area (TPSA) is 95.5 Å². The van der Waals surface area contributed by atoms with E-state index in [0.717, 1.165) is 4.90 Å². The predicted molar refractivity (Wildman–Crippen MR) is 124 cm³/mol. The van der Waals surface area contributed by atoms with Crippen LogP contribution in [0, 0.1) is 11.8 Å². The van der Waals surface area contributed by atoms with E-state index >= 15 is 0 Å². The number of anilines is 2.